The van der Waals surface area contributed by atoms with Crippen molar-refractivity contribution in [2.75, 3.05) is 0 Å². The molecule has 16 heavy (non-hydrogen) atoms. The van der Waals surface area contributed by atoms with E-state index in [4.69, 9.17) is 0 Å². The molecule has 1 aliphatic heterocycles. The Labute approximate surface area is 90.5 Å². The first kappa shape index (κ1) is 10.2. The van der Waals surface area contributed by atoms with Gasteiger partial charge in [-0.3, -0.25) is 0 Å². The molecule has 6 nitrogen and oxygen atoms in total. The quantitative estimate of drug-likeness (QED) is 0.537. The highest BCUT2D eigenvalue weighted by Gasteiger charge is 2.14. The van der Waals surface area contributed by atoms with Crippen LogP contribution in [0.4, 0.5) is 0 Å². The van der Waals surface area contributed by atoms with Gasteiger partial charge in [0.2, 0.25) is 0 Å². The van der Waals surface area contributed by atoms with Crippen LogP contribution in [0.2, 0.25) is 0 Å². The Hall–Kier alpha value is -2.37. The molecule has 0 saturated heterocycles. The molecule has 2 heterocycles. The van der Waals surface area contributed by atoms with E-state index in [-0.39, 0.29) is 0 Å². The van der Waals surface area contributed by atoms with E-state index in [2.05, 4.69) is 19.7 Å². The average Bonchev–Trinajstić information content (AvgIpc) is 2.79. The van der Waals surface area contributed by atoms with Gasteiger partial charge in [0.25, 0.3) is 0 Å². The lowest BCUT2D eigenvalue weighted by atomic mass is 10.1. The van der Waals surface area contributed by atoms with Gasteiger partial charge in [-0.15, -0.1) is 0 Å². The Balaban J connectivity index is 2.23. The molecule has 0 amide bonds. The summed E-state index contributed by atoms with van der Waals surface area (Å²) in [6, 6.07) is 0. The second kappa shape index (κ2) is 4.01. The van der Waals surface area contributed by atoms with Gasteiger partial charge in [0.15, 0.2) is 0 Å². The van der Waals surface area contributed by atoms with Gasteiger partial charge < -0.3 is 14.5 Å². The molecule has 0 saturated carbocycles. The highest BCUT2D eigenvalue weighted by Crippen LogP contribution is 2.17. The van der Waals surface area contributed by atoms with E-state index in [0.29, 0.717) is 16.7 Å². The van der Waals surface area contributed by atoms with Crippen LogP contribution in [-0.2, 0) is 9.63 Å². The maximum atomic E-state index is 11.0. The topological polar surface area (TPSA) is 87.8 Å². The minimum Gasteiger partial charge on any atom is -0.544 e. The lowest BCUT2D eigenvalue weighted by Crippen LogP contribution is -1.97. The molecule has 2 rings (SSSR count). The van der Waals surface area contributed by atoms with E-state index >= 15 is 0 Å². The Kier molecular flexibility index (Phi) is 2.55. The van der Waals surface area contributed by atoms with Crippen LogP contribution in [0, 0.1) is 0 Å². The Morgan fingerprint density at radius 3 is 2.94 bits per heavy atom. The van der Waals surface area contributed by atoms with Crippen molar-refractivity contribution < 1.29 is 19.3 Å². The maximum Gasteiger partial charge on any atom is 0.367 e. The Morgan fingerprint density at radius 1 is 1.56 bits per heavy atom. The zero-order valence-electron chi connectivity index (χ0n) is 8.34. The van der Waals surface area contributed by atoms with Crippen LogP contribution in [-0.4, -0.2) is 17.3 Å². The molecule has 0 fully saturated rings. The molecule has 0 radical (unpaired) electrons. The molecule has 1 aliphatic rings. The summed E-state index contributed by atoms with van der Waals surface area (Å²) >= 11 is 0. The second-order valence-corrected chi connectivity index (χ2v) is 3.17. The summed E-state index contributed by atoms with van der Waals surface area (Å²) in [5, 5.41) is 17.7. The monoisotopic (exact) mass is 219 g/mol. The fourth-order valence-electron chi connectivity index (χ4n) is 1.20. The van der Waals surface area contributed by atoms with E-state index in [1.165, 1.54) is 12.4 Å². The summed E-state index contributed by atoms with van der Waals surface area (Å²) in [6.45, 7) is 1.74. The maximum absolute atomic E-state index is 11.0. The number of carbonyl (C=O) groups is 1. The summed E-state index contributed by atoms with van der Waals surface area (Å²) in [5.41, 5.74) is 1.36. The van der Waals surface area contributed by atoms with Crippen molar-refractivity contribution in [2.45, 2.75) is 6.92 Å². The normalized spacial score (nSPS) is 18.2. The number of allylic oxidation sites excluding steroid dienone is 2. The van der Waals surface area contributed by atoms with Crippen LogP contribution >= 0.6 is 0 Å². The fourth-order valence-corrected chi connectivity index (χ4v) is 1.20. The molecule has 0 spiro atoms. The molecular formula is C10H7N2O4-. The average molecular weight is 219 g/mol. The molecule has 0 N–H and O–H groups in total. The zero-order chi connectivity index (χ0) is 11.5. The van der Waals surface area contributed by atoms with Crippen molar-refractivity contribution in [2.24, 2.45) is 5.16 Å². The number of aromatic nitrogens is 1. The standard InChI is InChI=1S/C10H8N2O4/c1-6(2-7-4-11-15-9(7)13)3-8-5-12-16-10(8)14/h2-5,13H,1H3/p-1/b6-2+,8-3-. The van der Waals surface area contributed by atoms with Gasteiger partial charge in [-0.2, -0.15) is 0 Å². The van der Waals surface area contributed by atoms with Crippen molar-refractivity contribution in [1.82, 2.24) is 5.16 Å². The van der Waals surface area contributed by atoms with E-state index in [1.807, 2.05) is 0 Å². The molecule has 1 aromatic rings. The molecule has 0 atom stereocenters. The zero-order valence-corrected chi connectivity index (χ0v) is 8.34. The summed E-state index contributed by atoms with van der Waals surface area (Å²) in [4.78, 5) is 15.4. The van der Waals surface area contributed by atoms with Gasteiger partial charge >= 0.3 is 5.97 Å². The first-order valence-electron chi connectivity index (χ1n) is 4.43. The van der Waals surface area contributed by atoms with E-state index in [9.17, 15) is 9.90 Å². The molecule has 1 aromatic heterocycles. The third-order valence-electron chi connectivity index (χ3n) is 1.89. The first-order chi connectivity index (χ1) is 7.66. The van der Waals surface area contributed by atoms with Crippen molar-refractivity contribution in [1.29, 1.82) is 0 Å². The van der Waals surface area contributed by atoms with Crippen molar-refractivity contribution in [3.8, 4) is 5.95 Å². The fraction of sp³-hybridized carbons (Fsp3) is 0.100. The van der Waals surface area contributed by atoms with Gasteiger partial charge in [0.1, 0.15) is 0 Å². The molecule has 0 bridgehead atoms. The third kappa shape index (κ3) is 2.00. The number of rotatable bonds is 2. The van der Waals surface area contributed by atoms with Gasteiger partial charge in [-0.25, -0.2) is 9.95 Å². The number of hydrogen-bond donors (Lipinski definition) is 0. The van der Waals surface area contributed by atoms with Crippen molar-refractivity contribution in [3.05, 3.63) is 29.0 Å². The van der Waals surface area contributed by atoms with Crippen LogP contribution in [0.25, 0.3) is 6.08 Å². The van der Waals surface area contributed by atoms with Gasteiger partial charge in [-0.1, -0.05) is 5.16 Å². The number of oxime groups is 1. The highest BCUT2D eigenvalue weighted by atomic mass is 16.7. The van der Waals surface area contributed by atoms with Gasteiger partial charge in [0.05, 0.1) is 17.7 Å². The first-order valence-corrected chi connectivity index (χ1v) is 4.43. The predicted molar refractivity (Wildman–Crippen MR) is 52.3 cm³/mol. The Bertz CT molecular complexity index is 511. The lowest BCUT2D eigenvalue weighted by molar-refractivity contribution is -0.297. The summed E-state index contributed by atoms with van der Waals surface area (Å²) in [6.07, 6.45) is 5.74. The summed E-state index contributed by atoms with van der Waals surface area (Å²) in [7, 11) is 0. The number of carbonyl (C=O) groups excluding carboxylic acids is 1. The lowest BCUT2D eigenvalue weighted by Gasteiger charge is -1.96. The third-order valence-corrected chi connectivity index (χ3v) is 1.89. The minimum atomic E-state index is -0.514. The highest BCUT2D eigenvalue weighted by molar-refractivity contribution is 6.12. The SMILES string of the molecule is CC(/C=C1/C=NOC1=O)=C\c1cnoc1[O-]. The molecule has 82 valence electrons. The molecule has 0 aliphatic carbocycles. The van der Waals surface area contributed by atoms with Crippen LogP contribution in [0.3, 0.4) is 0 Å². The summed E-state index contributed by atoms with van der Waals surface area (Å²) in [5.74, 6) is -1.03. The van der Waals surface area contributed by atoms with E-state index in [0.717, 1.165) is 0 Å². The van der Waals surface area contributed by atoms with Crippen LogP contribution < -0.4 is 5.11 Å². The van der Waals surface area contributed by atoms with Gasteiger partial charge in [-0.05, 0) is 24.6 Å². The number of hydrogen-bond acceptors (Lipinski definition) is 6. The van der Waals surface area contributed by atoms with Crippen LogP contribution in [0.15, 0.2) is 33.1 Å². The van der Waals surface area contributed by atoms with Crippen LogP contribution in [0.5, 0.6) is 5.95 Å². The molecule has 6 heteroatoms. The molecule has 0 aromatic carbocycles. The molecule has 0 unspecified atom stereocenters. The van der Waals surface area contributed by atoms with E-state index < -0.39 is 11.9 Å². The second-order valence-electron chi connectivity index (χ2n) is 3.17. The largest absolute Gasteiger partial charge is 0.544 e. The van der Waals surface area contributed by atoms with Crippen molar-refractivity contribution >= 4 is 18.3 Å². The Morgan fingerprint density at radius 2 is 2.38 bits per heavy atom. The predicted octanol–water partition coefficient (Wildman–Crippen LogP) is 0.620. The van der Waals surface area contributed by atoms with E-state index in [1.54, 1.807) is 19.1 Å². The minimum absolute atomic E-state index is 0.331. The molecular weight excluding hydrogens is 212 g/mol. The smallest absolute Gasteiger partial charge is 0.367 e. The van der Waals surface area contributed by atoms with Crippen molar-refractivity contribution in [3.63, 3.8) is 0 Å². The van der Waals surface area contributed by atoms with Gasteiger partial charge in [0, 0.05) is 11.8 Å². The number of nitrogens with zero attached hydrogens (tertiary/aromatic N) is 2. The van der Waals surface area contributed by atoms with Crippen LogP contribution in [0.1, 0.15) is 12.5 Å². The summed E-state index contributed by atoms with van der Waals surface area (Å²) < 4.78 is 4.37.